The standard InChI is InChI=1S/C13H8ClN3O/c14-10-6-2-1-5-9(10)13(18)17-12-8-4-3-7-11(12)15-16-17/h1-8H. The first-order valence-corrected chi connectivity index (χ1v) is 5.75. The van der Waals surface area contributed by atoms with Crippen LogP contribution in [0.15, 0.2) is 48.5 Å². The van der Waals surface area contributed by atoms with E-state index >= 15 is 0 Å². The number of aromatic nitrogens is 3. The molecule has 3 rings (SSSR count). The van der Waals surface area contributed by atoms with Crippen molar-refractivity contribution in [2.45, 2.75) is 0 Å². The van der Waals surface area contributed by atoms with Crippen LogP contribution >= 0.6 is 11.6 Å². The highest BCUT2D eigenvalue weighted by atomic mass is 35.5. The molecule has 0 aliphatic heterocycles. The fraction of sp³-hybridized carbons (Fsp3) is 0. The number of rotatable bonds is 1. The van der Waals surface area contributed by atoms with Crippen molar-refractivity contribution in [1.82, 2.24) is 15.0 Å². The fourth-order valence-electron chi connectivity index (χ4n) is 1.77. The summed E-state index contributed by atoms with van der Waals surface area (Å²) >= 11 is 6.00. The van der Waals surface area contributed by atoms with Gasteiger partial charge >= 0.3 is 0 Å². The van der Waals surface area contributed by atoms with Crippen molar-refractivity contribution in [1.29, 1.82) is 0 Å². The first-order chi connectivity index (χ1) is 8.77. The Hall–Kier alpha value is -2.20. The molecule has 2 aromatic carbocycles. The second-order valence-electron chi connectivity index (χ2n) is 3.77. The summed E-state index contributed by atoms with van der Waals surface area (Å²) in [5.41, 5.74) is 1.76. The SMILES string of the molecule is O=C(c1ccccc1Cl)n1nnc2ccccc21. The van der Waals surface area contributed by atoms with E-state index in [2.05, 4.69) is 10.3 Å². The average Bonchev–Trinajstić information content (AvgIpc) is 2.82. The van der Waals surface area contributed by atoms with Crippen LogP contribution in [0.5, 0.6) is 0 Å². The van der Waals surface area contributed by atoms with E-state index in [4.69, 9.17) is 11.6 Å². The van der Waals surface area contributed by atoms with Gasteiger partial charge < -0.3 is 0 Å². The quantitative estimate of drug-likeness (QED) is 0.673. The maximum absolute atomic E-state index is 12.3. The highest BCUT2D eigenvalue weighted by molar-refractivity contribution is 6.34. The molecule has 4 nitrogen and oxygen atoms in total. The molecule has 0 atom stereocenters. The van der Waals surface area contributed by atoms with Gasteiger partial charge in [-0.25, -0.2) is 0 Å². The molecule has 5 heteroatoms. The maximum Gasteiger partial charge on any atom is 0.281 e. The van der Waals surface area contributed by atoms with Crippen LogP contribution in [0.1, 0.15) is 10.4 Å². The minimum Gasteiger partial charge on any atom is -0.267 e. The fourth-order valence-corrected chi connectivity index (χ4v) is 1.98. The lowest BCUT2D eigenvalue weighted by molar-refractivity contribution is 0.0948. The Morgan fingerprint density at radius 1 is 1.06 bits per heavy atom. The first-order valence-electron chi connectivity index (χ1n) is 5.37. The van der Waals surface area contributed by atoms with Gasteiger partial charge in [0.25, 0.3) is 5.91 Å². The summed E-state index contributed by atoms with van der Waals surface area (Å²) in [7, 11) is 0. The number of halogens is 1. The first kappa shape index (κ1) is 10.9. The second kappa shape index (κ2) is 4.23. The molecule has 88 valence electrons. The molecule has 0 fully saturated rings. The molecule has 0 aliphatic rings. The molecule has 0 saturated heterocycles. The highest BCUT2D eigenvalue weighted by Gasteiger charge is 2.15. The lowest BCUT2D eigenvalue weighted by Gasteiger charge is -2.02. The number of hydrogen-bond acceptors (Lipinski definition) is 3. The Kier molecular flexibility index (Phi) is 2.57. The minimum absolute atomic E-state index is 0.283. The van der Waals surface area contributed by atoms with Crippen LogP contribution in [0.2, 0.25) is 5.02 Å². The third-order valence-corrected chi connectivity index (χ3v) is 2.98. The van der Waals surface area contributed by atoms with E-state index in [-0.39, 0.29) is 5.91 Å². The van der Waals surface area contributed by atoms with Gasteiger partial charge in [-0.1, -0.05) is 41.1 Å². The number of hydrogen-bond donors (Lipinski definition) is 0. The third-order valence-electron chi connectivity index (χ3n) is 2.65. The summed E-state index contributed by atoms with van der Waals surface area (Å²) in [4.78, 5) is 12.3. The van der Waals surface area contributed by atoms with Gasteiger partial charge in [0.05, 0.1) is 16.1 Å². The van der Waals surface area contributed by atoms with E-state index in [1.54, 1.807) is 36.4 Å². The lowest BCUT2D eigenvalue weighted by atomic mass is 10.2. The lowest BCUT2D eigenvalue weighted by Crippen LogP contribution is -2.14. The van der Waals surface area contributed by atoms with Crippen LogP contribution in [-0.4, -0.2) is 20.9 Å². The summed E-state index contributed by atoms with van der Waals surface area (Å²) in [5, 5.41) is 8.22. The monoisotopic (exact) mass is 257 g/mol. The van der Waals surface area contributed by atoms with Gasteiger partial charge in [0.1, 0.15) is 5.52 Å². The number of carbonyl (C=O) groups is 1. The molecule has 0 radical (unpaired) electrons. The molecule has 0 amide bonds. The predicted octanol–water partition coefficient (Wildman–Crippen LogP) is 2.77. The number of nitrogens with zero attached hydrogens (tertiary/aromatic N) is 3. The number of carbonyl (C=O) groups excluding carboxylic acids is 1. The van der Waals surface area contributed by atoms with Crippen molar-refractivity contribution in [2.75, 3.05) is 0 Å². The van der Waals surface area contributed by atoms with Crippen LogP contribution in [0, 0.1) is 0 Å². The van der Waals surface area contributed by atoms with Gasteiger partial charge in [0.15, 0.2) is 0 Å². The number of para-hydroxylation sites is 1. The maximum atomic E-state index is 12.3. The predicted molar refractivity (Wildman–Crippen MR) is 68.7 cm³/mol. The van der Waals surface area contributed by atoms with Gasteiger partial charge in [-0.3, -0.25) is 4.79 Å². The van der Waals surface area contributed by atoms with E-state index in [1.165, 1.54) is 4.68 Å². The molecule has 1 heterocycles. The zero-order valence-corrected chi connectivity index (χ0v) is 10.0. The zero-order chi connectivity index (χ0) is 12.5. The van der Waals surface area contributed by atoms with E-state index in [0.29, 0.717) is 21.6 Å². The summed E-state index contributed by atoms with van der Waals surface area (Å²) in [6, 6.07) is 14.2. The highest BCUT2D eigenvalue weighted by Crippen LogP contribution is 2.18. The van der Waals surface area contributed by atoms with Crippen LogP contribution in [-0.2, 0) is 0 Å². The van der Waals surface area contributed by atoms with Crippen molar-refractivity contribution in [2.24, 2.45) is 0 Å². The molecular weight excluding hydrogens is 250 g/mol. The van der Waals surface area contributed by atoms with Crippen molar-refractivity contribution < 1.29 is 4.79 Å². The van der Waals surface area contributed by atoms with Gasteiger partial charge in [-0.15, -0.1) is 5.10 Å². The Labute approximate surface area is 108 Å². The third kappa shape index (κ3) is 1.67. The Bertz CT molecular complexity index is 736. The van der Waals surface area contributed by atoms with Gasteiger partial charge in [0.2, 0.25) is 0 Å². The van der Waals surface area contributed by atoms with Crippen LogP contribution in [0.25, 0.3) is 11.0 Å². The second-order valence-corrected chi connectivity index (χ2v) is 4.18. The topological polar surface area (TPSA) is 47.8 Å². The molecule has 0 spiro atoms. The normalized spacial score (nSPS) is 10.7. The Morgan fingerprint density at radius 2 is 1.78 bits per heavy atom. The number of fused-ring (bicyclic) bond motifs is 1. The molecule has 0 aliphatic carbocycles. The summed E-state index contributed by atoms with van der Waals surface area (Å²) in [5.74, 6) is -0.283. The number of benzene rings is 2. The largest absolute Gasteiger partial charge is 0.281 e. The van der Waals surface area contributed by atoms with Gasteiger partial charge in [-0.2, -0.15) is 4.68 Å². The molecular formula is C13H8ClN3O. The Balaban J connectivity index is 2.16. The van der Waals surface area contributed by atoms with Crippen LogP contribution in [0.3, 0.4) is 0 Å². The Morgan fingerprint density at radius 3 is 2.61 bits per heavy atom. The van der Waals surface area contributed by atoms with Crippen molar-refractivity contribution in [3.8, 4) is 0 Å². The average molecular weight is 258 g/mol. The van der Waals surface area contributed by atoms with Crippen molar-refractivity contribution in [3.63, 3.8) is 0 Å². The molecule has 0 N–H and O–H groups in total. The molecule has 0 saturated carbocycles. The van der Waals surface area contributed by atoms with Crippen LogP contribution < -0.4 is 0 Å². The van der Waals surface area contributed by atoms with Gasteiger partial charge in [0, 0.05) is 0 Å². The minimum atomic E-state index is -0.283. The van der Waals surface area contributed by atoms with E-state index in [0.717, 1.165) is 0 Å². The molecule has 1 aromatic heterocycles. The van der Waals surface area contributed by atoms with E-state index < -0.39 is 0 Å². The summed E-state index contributed by atoms with van der Waals surface area (Å²) < 4.78 is 1.26. The van der Waals surface area contributed by atoms with Gasteiger partial charge in [-0.05, 0) is 24.3 Å². The zero-order valence-electron chi connectivity index (χ0n) is 9.25. The summed E-state index contributed by atoms with van der Waals surface area (Å²) in [6.45, 7) is 0. The van der Waals surface area contributed by atoms with Crippen molar-refractivity contribution >= 4 is 28.5 Å². The molecule has 18 heavy (non-hydrogen) atoms. The van der Waals surface area contributed by atoms with E-state index in [1.807, 2.05) is 12.1 Å². The molecule has 0 bridgehead atoms. The van der Waals surface area contributed by atoms with Crippen LogP contribution in [0.4, 0.5) is 0 Å². The van der Waals surface area contributed by atoms with Crippen molar-refractivity contribution in [3.05, 3.63) is 59.1 Å². The summed E-state index contributed by atoms with van der Waals surface area (Å²) in [6.07, 6.45) is 0. The molecule has 3 aromatic rings. The smallest absolute Gasteiger partial charge is 0.267 e. The molecule has 0 unspecified atom stereocenters. The van der Waals surface area contributed by atoms with E-state index in [9.17, 15) is 4.79 Å².